The third-order valence-electron chi connectivity index (χ3n) is 4.89. The Morgan fingerprint density at radius 3 is 2.55 bits per heavy atom. The zero-order valence-corrected chi connectivity index (χ0v) is 17.7. The number of ether oxygens (including phenoxy) is 2. The second-order valence-electron chi connectivity index (χ2n) is 8.08. The molecule has 2 heterocycles. The highest BCUT2D eigenvalue weighted by atomic mass is 16.5. The zero-order chi connectivity index (χ0) is 20.6. The third-order valence-corrected chi connectivity index (χ3v) is 4.89. The number of hydrogen-bond donors (Lipinski definition) is 0. The van der Waals surface area contributed by atoms with Crippen molar-refractivity contribution in [2.75, 3.05) is 33.3 Å². The molecule has 0 radical (unpaired) electrons. The maximum Gasteiger partial charge on any atom is 0.236 e. The maximum absolute atomic E-state index is 12.9. The van der Waals surface area contributed by atoms with Gasteiger partial charge in [0.15, 0.2) is 0 Å². The lowest BCUT2D eigenvalue weighted by Crippen LogP contribution is -2.40. The van der Waals surface area contributed by atoms with E-state index in [0.717, 1.165) is 23.6 Å². The van der Waals surface area contributed by atoms with Crippen molar-refractivity contribution in [1.82, 2.24) is 9.80 Å². The van der Waals surface area contributed by atoms with Crippen LogP contribution >= 0.6 is 0 Å². The van der Waals surface area contributed by atoms with Crippen LogP contribution in [0.3, 0.4) is 0 Å². The molecule has 1 aromatic heterocycles. The smallest absolute Gasteiger partial charge is 0.236 e. The molecule has 1 atom stereocenters. The number of carbonyl (C=O) groups is 1. The van der Waals surface area contributed by atoms with E-state index < -0.39 is 0 Å². The molecule has 3 rings (SSSR count). The summed E-state index contributed by atoms with van der Waals surface area (Å²) in [6.45, 7) is 8.27. The van der Waals surface area contributed by atoms with Crippen LogP contribution in [0.25, 0.3) is 0 Å². The molecule has 1 aliphatic rings. The predicted molar refractivity (Wildman–Crippen MR) is 111 cm³/mol. The van der Waals surface area contributed by atoms with Crippen LogP contribution in [0.2, 0.25) is 0 Å². The number of benzene rings is 1. The summed E-state index contributed by atoms with van der Waals surface area (Å²) >= 11 is 0. The molecule has 1 fully saturated rings. The molecule has 0 unspecified atom stereocenters. The largest absolute Gasteiger partial charge is 0.462 e. The van der Waals surface area contributed by atoms with Crippen molar-refractivity contribution in [3.63, 3.8) is 0 Å². The third kappa shape index (κ3) is 6.70. The SMILES string of the molecule is COCc1ccc(CN2CC(=O)N(CC(C)C)C[C@H](OCc3ccccc3)C2)o1. The van der Waals surface area contributed by atoms with Crippen LogP contribution in [-0.2, 0) is 34.0 Å². The standard InChI is InChI=1S/C23H32N2O4/c1-18(2)11-25-14-22(28-16-19-7-5-4-6-8-19)13-24(15-23(25)26)12-20-9-10-21(29-20)17-27-3/h4-10,18,22H,11-17H2,1-3H3/t22-/m1/s1. The van der Waals surface area contributed by atoms with Gasteiger partial charge in [0.25, 0.3) is 0 Å². The lowest BCUT2D eigenvalue weighted by Gasteiger charge is -2.26. The van der Waals surface area contributed by atoms with Crippen molar-refractivity contribution in [3.8, 4) is 0 Å². The highest BCUT2D eigenvalue weighted by molar-refractivity contribution is 5.78. The summed E-state index contributed by atoms with van der Waals surface area (Å²) in [5.41, 5.74) is 1.14. The number of methoxy groups -OCH3 is 1. The van der Waals surface area contributed by atoms with Crippen LogP contribution in [0.15, 0.2) is 46.9 Å². The first-order valence-electron chi connectivity index (χ1n) is 10.3. The van der Waals surface area contributed by atoms with E-state index in [1.807, 2.05) is 35.2 Å². The Morgan fingerprint density at radius 1 is 1.07 bits per heavy atom. The topological polar surface area (TPSA) is 55.2 Å². The summed E-state index contributed by atoms with van der Waals surface area (Å²) in [7, 11) is 1.65. The summed E-state index contributed by atoms with van der Waals surface area (Å²) in [5.74, 6) is 2.20. The van der Waals surface area contributed by atoms with Crippen molar-refractivity contribution < 1.29 is 18.7 Å². The molecule has 158 valence electrons. The first-order chi connectivity index (χ1) is 14.0. The van der Waals surface area contributed by atoms with Gasteiger partial charge < -0.3 is 18.8 Å². The van der Waals surface area contributed by atoms with Crippen LogP contribution < -0.4 is 0 Å². The Bertz CT molecular complexity index is 759. The van der Waals surface area contributed by atoms with Crippen LogP contribution in [0.5, 0.6) is 0 Å². The van der Waals surface area contributed by atoms with Gasteiger partial charge in [-0.3, -0.25) is 9.69 Å². The summed E-state index contributed by atoms with van der Waals surface area (Å²) in [4.78, 5) is 16.9. The molecule has 0 spiro atoms. The summed E-state index contributed by atoms with van der Waals surface area (Å²) < 4.78 is 17.2. The molecule has 29 heavy (non-hydrogen) atoms. The van der Waals surface area contributed by atoms with Gasteiger partial charge in [0, 0.05) is 26.7 Å². The van der Waals surface area contributed by atoms with Gasteiger partial charge in [-0.1, -0.05) is 44.2 Å². The van der Waals surface area contributed by atoms with Crippen LogP contribution in [0, 0.1) is 5.92 Å². The van der Waals surface area contributed by atoms with Gasteiger partial charge in [0.05, 0.1) is 25.8 Å². The first kappa shape index (κ1) is 21.6. The Kier molecular flexibility index (Phi) is 7.86. The number of rotatable bonds is 9. The van der Waals surface area contributed by atoms with Gasteiger partial charge in [-0.15, -0.1) is 0 Å². The van der Waals surface area contributed by atoms with Gasteiger partial charge in [0.1, 0.15) is 18.1 Å². The van der Waals surface area contributed by atoms with E-state index in [9.17, 15) is 4.79 Å². The van der Waals surface area contributed by atoms with Crippen molar-refractivity contribution in [3.05, 3.63) is 59.5 Å². The summed E-state index contributed by atoms with van der Waals surface area (Å²) in [5, 5.41) is 0. The molecule has 1 aromatic carbocycles. The maximum atomic E-state index is 12.9. The van der Waals surface area contributed by atoms with Crippen molar-refractivity contribution in [1.29, 1.82) is 0 Å². The van der Waals surface area contributed by atoms with Gasteiger partial charge in [-0.05, 0) is 23.6 Å². The zero-order valence-electron chi connectivity index (χ0n) is 17.7. The Labute approximate surface area is 173 Å². The molecule has 0 saturated carbocycles. The van der Waals surface area contributed by atoms with Gasteiger partial charge in [0.2, 0.25) is 5.91 Å². The molecule has 1 aliphatic heterocycles. The summed E-state index contributed by atoms with van der Waals surface area (Å²) in [6, 6.07) is 14.0. The molecule has 0 aliphatic carbocycles. The Balaban J connectivity index is 1.67. The van der Waals surface area contributed by atoms with E-state index in [4.69, 9.17) is 13.9 Å². The average molecular weight is 401 g/mol. The molecular formula is C23H32N2O4. The Morgan fingerprint density at radius 2 is 1.83 bits per heavy atom. The number of carbonyl (C=O) groups excluding carboxylic acids is 1. The van der Waals surface area contributed by atoms with E-state index in [0.29, 0.717) is 45.3 Å². The van der Waals surface area contributed by atoms with Crippen LogP contribution in [-0.4, -0.2) is 55.1 Å². The number of hydrogen-bond acceptors (Lipinski definition) is 5. The van der Waals surface area contributed by atoms with Crippen molar-refractivity contribution in [2.24, 2.45) is 5.92 Å². The minimum Gasteiger partial charge on any atom is -0.462 e. The quantitative estimate of drug-likeness (QED) is 0.646. The molecule has 6 heteroatoms. The predicted octanol–water partition coefficient (Wildman–Crippen LogP) is 3.31. The molecule has 1 saturated heterocycles. The normalized spacial score (nSPS) is 18.4. The van der Waals surface area contributed by atoms with Crippen molar-refractivity contribution >= 4 is 5.91 Å². The van der Waals surface area contributed by atoms with E-state index in [2.05, 4.69) is 30.9 Å². The fourth-order valence-corrected chi connectivity index (χ4v) is 3.63. The monoisotopic (exact) mass is 400 g/mol. The molecular weight excluding hydrogens is 368 g/mol. The average Bonchev–Trinajstić information content (AvgIpc) is 3.07. The minimum atomic E-state index is -0.0474. The highest BCUT2D eigenvalue weighted by Crippen LogP contribution is 2.17. The number of amides is 1. The van der Waals surface area contributed by atoms with Crippen molar-refractivity contribution in [2.45, 2.75) is 39.7 Å². The van der Waals surface area contributed by atoms with Gasteiger partial charge in [-0.25, -0.2) is 0 Å². The van der Waals surface area contributed by atoms with E-state index >= 15 is 0 Å². The number of furan rings is 1. The van der Waals surface area contributed by atoms with E-state index in [-0.39, 0.29) is 12.0 Å². The lowest BCUT2D eigenvalue weighted by molar-refractivity contribution is -0.132. The van der Waals surface area contributed by atoms with E-state index in [1.54, 1.807) is 7.11 Å². The first-order valence-corrected chi connectivity index (χ1v) is 10.3. The van der Waals surface area contributed by atoms with Crippen LogP contribution in [0.4, 0.5) is 0 Å². The van der Waals surface area contributed by atoms with Gasteiger partial charge in [-0.2, -0.15) is 0 Å². The fraction of sp³-hybridized carbons (Fsp3) is 0.522. The second-order valence-corrected chi connectivity index (χ2v) is 8.08. The van der Waals surface area contributed by atoms with Crippen LogP contribution in [0.1, 0.15) is 30.9 Å². The molecule has 2 aromatic rings. The summed E-state index contributed by atoms with van der Waals surface area (Å²) in [6.07, 6.45) is -0.0474. The highest BCUT2D eigenvalue weighted by Gasteiger charge is 2.29. The Hall–Kier alpha value is -2.15. The fourth-order valence-electron chi connectivity index (χ4n) is 3.63. The second kappa shape index (κ2) is 10.6. The minimum absolute atomic E-state index is 0.0474. The lowest BCUT2D eigenvalue weighted by atomic mass is 10.2. The van der Waals surface area contributed by atoms with E-state index in [1.165, 1.54) is 0 Å². The molecule has 6 nitrogen and oxygen atoms in total. The molecule has 0 N–H and O–H groups in total. The molecule has 1 amide bonds. The number of nitrogens with zero attached hydrogens (tertiary/aromatic N) is 2. The van der Waals surface area contributed by atoms with Gasteiger partial charge >= 0.3 is 0 Å². The molecule has 0 bridgehead atoms.